The SMILES string of the molecule is COc1c(Cl)c(Cl)c(Br)c(Br)c1[N+](=O)[O-]. The maximum absolute atomic E-state index is 10.8. The Morgan fingerprint density at radius 3 is 2.20 bits per heavy atom. The molecule has 0 bridgehead atoms. The highest BCUT2D eigenvalue weighted by molar-refractivity contribution is 9.13. The Morgan fingerprint density at radius 2 is 1.80 bits per heavy atom. The van der Waals surface area contributed by atoms with Gasteiger partial charge in [-0.05, 0) is 31.9 Å². The lowest BCUT2D eigenvalue weighted by Crippen LogP contribution is -1.97. The van der Waals surface area contributed by atoms with Crippen LogP contribution < -0.4 is 4.74 Å². The number of nitro benzene ring substituents is 1. The Morgan fingerprint density at radius 1 is 1.27 bits per heavy atom. The van der Waals surface area contributed by atoms with Crippen LogP contribution in [0.3, 0.4) is 0 Å². The third-order valence-corrected chi connectivity index (χ3v) is 4.75. The molecule has 0 unspecified atom stereocenters. The molecule has 0 spiro atoms. The van der Waals surface area contributed by atoms with E-state index in [2.05, 4.69) is 31.9 Å². The molecular formula is C7H3Br2Cl2NO3. The number of hydrogen-bond donors (Lipinski definition) is 0. The van der Waals surface area contributed by atoms with Gasteiger partial charge in [-0.15, -0.1) is 0 Å². The second-order valence-corrected chi connectivity index (χ2v) is 4.74. The van der Waals surface area contributed by atoms with Crippen LogP contribution in [-0.2, 0) is 0 Å². The van der Waals surface area contributed by atoms with Gasteiger partial charge in [-0.3, -0.25) is 10.1 Å². The van der Waals surface area contributed by atoms with Crippen LogP contribution in [0.5, 0.6) is 5.75 Å². The average Bonchev–Trinajstić information content (AvgIpc) is 2.19. The molecule has 0 aliphatic heterocycles. The first-order chi connectivity index (χ1) is 6.91. The summed E-state index contributed by atoms with van der Waals surface area (Å²) in [6.45, 7) is 0. The summed E-state index contributed by atoms with van der Waals surface area (Å²) in [5.74, 6) is -0.0678. The van der Waals surface area contributed by atoms with E-state index in [4.69, 9.17) is 27.9 Å². The largest absolute Gasteiger partial charge is 0.489 e. The van der Waals surface area contributed by atoms with Gasteiger partial charge in [0.05, 0.1) is 21.5 Å². The standard InChI is InChI=1S/C7H3Br2Cl2NO3/c1-15-7-5(11)4(10)2(8)3(9)6(7)12(13)14/h1H3. The summed E-state index contributed by atoms with van der Waals surface area (Å²) in [5.41, 5.74) is -0.265. The third kappa shape index (κ3) is 2.22. The van der Waals surface area contributed by atoms with Crippen molar-refractivity contribution in [3.05, 3.63) is 29.1 Å². The molecule has 82 valence electrons. The van der Waals surface area contributed by atoms with E-state index >= 15 is 0 Å². The number of halogens is 4. The summed E-state index contributed by atoms with van der Waals surface area (Å²) in [6, 6.07) is 0. The van der Waals surface area contributed by atoms with E-state index in [9.17, 15) is 10.1 Å². The zero-order valence-corrected chi connectivity index (χ0v) is 11.9. The fourth-order valence-electron chi connectivity index (χ4n) is 0.949. The maximum atomic E-state index is 10.8. The van der Waals surface area contributed by atoms with Crippen molar-refractivity contribution in [2.24, 2.45) is 0 Å². The molecule has 0 aliphatic rings. The van der Waals surface area contributed by atoms with Gasteiger partial charge in [0, 0.05) is 0 Å². The molecule has 0 N–H and O–H groups in total. The molecule has 4 nitrogen and oxygen atoms in total. The second kappa shape index (κ2) is 4.86. The molecular weight excluding hydrogens is 377 g/mol. The van der Waals surface area contributed by atoms with Crippen molar-refractivity contribution in [1.29, 1.82) is 0 Å². The summed E-state index contributed by atoms with van der Waals surface area (Å²) in [6.07, 6.45) is 0. The van der Waals surface area contributed by atoms with E-state index in [-0.39, 0.29) is 26.0 Å². The van der Waals surface area contributed by atoms with Gasteiger partial charge in [0.1, 0.15) is 9.50 Å². The smallest absolute Gasteiger partial charge is 0.327 e. The van der Waals surface area contributed by atoms with Crippen molar-refractivity contribution >= 4 is 60.7 Å². The van der Waals surface area contributed by atoms with E-state index in [0.29, 0.717) is 4.47 Å². The fourth-order valence-corrected chi connectivity index (χ4v) is 2.53. The number of nitro groups is 1. The summed E-state index contributed by atoms with van der Waals surface area (Å²) in [5, 5.41) is 10.9. The lowest BCUT2D eigenvalue weighted by molar-refractivity contribution is -0.386. The molecule has 1 aromatic carbocycles. The Hall–Kier alpha value is -0.0400. The van der Waals surface area contributed by atoms with E-state index in [1.165, 1.54) is 7.11 Å². The van der Waals surface area contributed by atoms with Crippen molar-refractivity contribution in [2.75, 3.05) is 7.11 Å². The van der Waals surface area contributed by atoms with E-state index in [1.54, 1.807) is 0 Å². The number of ether oxygens (including phenoxy) is 1. The first-order valence-electron chi connectivity index (χ1n) is 3.46. The summed E-state index contributed by atoms with van der Waals surface area (Å²) in [7, 11) is 1.28. The Kier molecular flexibility index (Phi) is 4.22. The van der Waals surface area contributed by atoms with Crippen LogP contribution in [0.25, 0.3) is 0 Å². The molecule has 0 amide bonds. The predicted molar refractivity (Wildman–Crippen MR) is 65.1 cm³/mol. The Bertz CT molecular complexity index is 439. The third-order valence-electron chi connectivity index (χ3n) is 1.59. The van der Waals surface area contributed by atoms with E-state index < -0.39 is 4.92 Å². The van der Waals surface area contributed by atoms with Gasteiger partial charge in [-0.2, -0.15) is 0 Å². The zero-order chi connectivity index (χ0) is 11.7. The minimum absolute atomic E-state index is 0.000872. The monoisotopic (exact) mass is 377 g/mol. The minimum atomic E-state index is -0.601. The van der Waals surface area contributed by atoms with Gasteiger partial charge in [0.2, 0.25) is 5.75 Å². The number of nitrogens with zero attached hydrogens (tertiary/aromatic N) is 1. The number of hydrogen-bond acceptors (Lipinski definition) is 3. The van der Waals surface area contributed by atoms with E-state index in [1.807, 2.05) is 0 Å². The lowest BCUT2D eigenvalue weighted by atomic mass is 10.3. The molecule has 0 fully saturated rings. The first kappa shape index (κ1) is 13.0. The number of rotatable bonds is 2. The van der Waals surface area contributed by atoms with Gasteiger partial charge in [0.15, 0.2) is 0 Å². The van der Waals surface area contributed by atoms with Crippen molar-refractivity contribution < 1.29 is 9.66 Å². The molecule has 15 heavy (non-hydrogen) atoms. The van der Waals surface area contributed by atoms with Crippen molar-refractivity contribution in [1.82, 2.24) is 0 Å². The molecule has 0 radical (unpaired) electrons. The molecule has 0 atom stereocenters. The average molecular weight is 380 g/mol. The normalized spacial score (nSPS) is 10.2. The predicted octanol–water partition coefficient (Wildman–Crippen LogP) is 4.44. The summed E-state index contributed by atoms with van der Waals surface area (Å²) in [4.78, 5) is 10.2. The minimum Gasteiger partial charge on any atom is -0.489 e. The highest BCUT2D eigenvalue weighted by Crippen LogP contribution is 2.49. The summed E-state index contributed by atoms with van der Waals surface area (Å²) < 4.78 is 5.36. The fraction of sp³-hybridized carbons (Fsp3) is 0.143. The van der Waals surface area contributed by atoms with Crippen LogP contribution >= 0.6 is 55.1 Å². The van der Waals surface area contributed by atoms with Crippen LogP contribution in [0.15, 0.2) is 8.95 Å². The first-order valence-corrected chi connectivity index (χ1v) is 5.80. The van der Waals surface area contributed by atoms with Crippen molar-refractivity contribution in [3.8, 4) is 5.75 Å². The van der Waals surface area contributed by atoms with Crippen LogP contribution in [0, 0.1) is 10.1 Å². The molecule has 8 heteroatoms. The molecule has 0 saturated heterocycles. The van der Waals surface area contributed by atoms with Gasteiger partial charge < -0.3 is 4.74 Å². The molecule has 1 rings (SSSR count). The van der Waals surface area contributed by atoms with Crippen LogP contribution in [0.1, 0.15) is 0 Å². The van der Waals surface area contributed by atoms with Gasteiger partial charge >= 0.3 is 5.69 Å². The lowest BCUT2D eigenvalue weighted by Gasteiger charge is -2.09. The quantitative estimate of drug-likeness (QED) is 0.330. The number of benzene rings is 1. The molecule has 0 aromatic heterocycles. The topological polar surface area (TPSA) is 52.4 Å². The molecule has 0 aliphatic carbocycles. The molecule has 1 aromatic rings. The van der Waals surface area contributed by atoms with Gasteiger partial charge in [0.25, 0.3) is 0 Å². The Labute approximate surface area is 112 Å². The highest BCUT2D eigenvalue weighted by Gasteiger charge is 2.28. The van der Waals surface area contributed by atoms with Crippen LogP contribution in [0.2, 0.25) is 10.0 Å². The van der Waals surface area contributed by atoms with Gasteiger partial charge in [-0.25, -0.2) is 0 Å². The van der Waals surface area contributed by atoms with Crippen molar-refractivity contribution in [2.45, 2.75) is 0 Å². The highest BCUT2D eigenvalue weighted by atomic mass is 79.9. The Balaban J connectivity index is 3.70. The summed E-state index contributed by atoms with van der Waals surface area (Å²) >= 11 is 17.8. The maximum Gasteiger partial charge on any atom is 0.327 e. The van der Waals surface area contributed by atoms with Crippen LogP contribution in [0.4, 0.5) is 5.69 Å². The van der Waals surface area contributed by atoms with E-state index in [0.717, 1.165) is 0 Å². The van der Waals surface area contributed by atoms with Crippen molar-refractivity contribution in [3.63, 3.8) is 0 Å². The second-order valence-electron chi connectivity index (χ2n) is 2.39. The molecule has 0 saturated carbocycles. The van der Waals surface area contributed by atoms with Gasteiger partial charge in [-0.1, -0.05) is 23.2 Å². The molecule has 0 heterocycles. The zero-order valence-electron chi connectivity index (χ0n) is 7.18. The number of methoxy groups -OCH3 is 1. The van der Waals surface area contributed by atoms with Crippen LogP contribution in [-0.4, -0.2) is 12.0 Å².